The zero-order chi connectivity index (χ0) is 18.7. The number of rotatable bonds is 5. The number of benzene rings is 1. The standard InChI is InChI=1S/C16H20F2N2O5S/c17-16(18)25-12-3-1-4-13(11-12)26(22,23)20-8-6-19(7-9-20)15(21)14-5-2-10-24-14/h1,3-4,11,14,16H,2,5-10H2. The van der Waals surface area contributed by atoms with Crippen molar-refractivity contribution in [3.63, 3.8) is 0 Å². The second kappa shape index (κ2) is 7.85. The van der Waals surface area contributed by atoms with E-state index in [9.17, 15) is 22.0 Å². The SMILES string of the molecule is O=C(C1CCCO1)N1CCN(S(=O)(=O)c2cccc(OC(F)F)c2)CC1. The van der Waals surface area contributed by atoms with Crippen LogP contribution in [0.1, 0.15) is 12.8 Å². The molecule has 1 aromatic rings. The van der Waals surface area contributed by atoms with Gasteiger partial charge in [-0.25, -0.2) is 8.42 Å². The summed E-state index contributed by atoms with van der Waals surface area (Å²) in [6, 6.07) is 5.02. The third-order valence-corrected chi connectivity index (χ3v) is 6.32. The number of nitrogens with zero attached hydrogens (tertiary/aromatic N) is 2. The molecule has 10 heteroatoms. The van der Waals surface area contributed by atoms with E-state index in [4.69, 9.17) is 4.74 Å². The Bertz CT molecular complexity index is 745. The molecule has 7 nitrogen and oxygen atoms in total. The molecule has 3 rings (SSSR count). The van der Waals surface area contributed by atoms with Crippen molar-refractivity contribution in [3.8, 4) is 5.75 Å². The van der Waals surface area contributed by atoms with Crippen molar-refractivity contribution >= 4 is 15.9 Å². The van der Waals surface area contributed by atoms with Crippen LogP contribution in [0.2, 0.25) is 0 Å². The van der Waals surface area contributed by atoms with Crippen LogP contribution >= 0.6 is 0 Å². The van der Waals surface area contributed by atoms with Gasteiger partial charge in [0.1, 0.15) is 11.9 Å². The topological polar surface area (TPSA) is 76.2 Å². The molecule has 2 aliphatic heterocycles. The van der Waals surface area contributed by atoms with E-state index in [0.29, 0.717) is 13.0 Å². The van der Waals surface area contributed by atoms with Crippen LogP contribution < -0.4 is 4.74 Å². The van der Waals surface area contributed by atoms with Crippen molar-refractivity contribution in [3.05, 3.63) is 24.3 Å². The van der Waals surface area contributed by atoms with Crippen molar-refractivity contribution in [2.75, 3.05) is 32.8 Å². The zero-order valence-electron chi connectivity index (χ0n) is 14.0. The van der Waals surface area contributed by atoms with Crippen molar-refractivity contribution in [2.45, 2.75) is 30.5 Å². The number of hydrogen-bond donors (Lipinski definition) is 0. The summed E-state index contributed by atoms with van der Waals surface area (Å²) in [4.78, 5) is 13.8. The molecule has 0 saturated carbocycles. The number of hydrogen-bond acceptors (Lipinski definition) is 5. The minimum absolute atomic E-state index is 0.105. The molecule has 0 aliphatic carbocycles. The zero-order valence-corrected chi connectivity index (χ0v) is 14.8. The van der Waals surface area contributed by atoms with Gasteiger partial charge in [0.05, 0.1) is 4.90 Å². The van der Waals surface area contributed by atoms with Gasteiger partial charge >= 0.3 is 6.61 Å². The van der Waals surface area contributed by atoms with Crippen LogP contribution in [0.4, 0.5) is 8.78 Å². The summed E-state index contributed by atoms with van der Waals surface area (Å²) in [5.74, 6) is -0.319. The van der Waals surface area contributed by atoms with Crippen molar-refractivity contribution in [2.24, 2.45) is 0 Å². The van der Waals surface area contributed by atoms with Gasteiger partial charge in [-0.2, -0.15) is 13.1 Å². The lowest BCUT2D eigenvalue weighted by Crippen LogP contribution is -2.52. The van der Waals surface area contributed by atoms with Crippen molar-refractivity contribution in [1.29, 1.82) is 0 Å². The van der Waals surface area contributed by atoms with E-state index in [1.54, 1.807) is 4.90 Å². The summed E-state index contributed by atoms with van der Waals surface area (Å²) in [6.07, 6.45) is 1.11. The van der Waals surface area contributed by atoms with Gasteiger partial charge in [0.2, 0.25) is 10.0 Å². The highest BCUT2D eigenvalue weighted by molar-refractivity contribution is 7.89. The molecule has 0 spiro atoms. The van der Waals surface area contributed by atoms with Crippen LogP contribution in [0.3, 0.4) is 0 Å². The van der Waals surface area contributed by atoms with Gasteiger partial charge < -0.3 is 14.4 Å². The highest BCUT2D eigenvalue weighted by Crippen LogP contribution is 2.24. The molecule has 26 heavy (non-hydrogen) atoms. The third kappa shape index (κ3) is 4.13. The summed E-state index contributed by atoms with van der Waals surface area (Å²) < 4.78 is 60.9. The summed E-state index contributed by atoms with van der Waals surface area (Å²) in [6.45, 7) is -1.64. The third-order valence-electron chi connectivity index (χ3n) is 4.42. The quantitative estimate of drug-likeness (QED) is 0.758. The van der Waals surface area contributed by atoms with Gasteiger partial charge in [-0.05, 0) is 25.0 Å². The molecule has 0 aromatic heterocycles. The van der Waals surface area contributed by atoms with Crippen LogP contribution in [0.25, 0.3) is 0 Å². The molecule has 0 N–H and O–H groups in total. The van der Waals surface area contributed by atoms with Crippen LogP contribution in [-0.4, -0.2) is 69.0 Å². The Morgan fingerprint density at radius 2 is 1.96 bits per heavy atom. The van der Waals surface area contributed by atoms with Gasteiger partial charge in [0.25, 0.3) is 5.91 Å². The molecule has 2 heterocycles. The predicted octanol–water partition coefficient (Wildman–Crippen LogP) is 1.30. The molecule has 1 atom stereocenters. The minimum atomic E-state index is -3.85. The van der Waals surface area contributed by atoms with E-state index in [-0.39, 0.29) is 42.7 Å². The fourth-order valence-corrected chi connectivity index (χ4v) is 4.54. The molecular formula is C16H20F2N2O5S. The first-order chi connectivity index (χ1) is 12.4. The number of carbonyl (C=O) groups excluding carboxylic acids is 1. The number of amides is 1. The molecule has 0 radical (unpaired) electrons. The van der Waals surface area contributed by atoms with Gasteiger partial charge in [0, 0.05) is 38.9 Å². The first-order valence-electron chi connectivity index (χ1n) is 8.33. The van der Waals surface area contributed by atoms with Gasteiger partial charge in [-0.3, -0.25) is 4.79 Å². The number of alkyl halides is 2. The number of carbonyl (C=O) groups is 1. The van der Waals surface area contributed by atoms with Crippen LogP contribution in [0.15, 0.2) is 29.2 Å². The van der Waals surface area contributed by atoms with Gasteiger partial charge in [-0.15, -0.1) is 0 Å². The van der Waals surface area contributed by atoms with E-state index < -0.39 is 22.7 Å². The highest BCUT2D eigenvalue weighted by atomic mass is 32.2. The lowest BCUT2D eigenvalue weighted by Gasteiger charge is -2.35. The molecule has 2 aliphatic rings. The lowest BCUT2D eigenvalue weighted by atomic mass is 10.2. The fraction of sp³-hybridized carbons (Fsp3) is 0.562. The molecule has 144 valence electrons. The first-order valence-corrected chi connectivity index (χ1v) is 9.77. The predicted molar refractivity (Wildman–Crippen MR) is 87.4 cm³/mol. The Labute approximate surface area is 150 Å². The summed E-state index contributed by atoms with van der Waals surface area (Å²) in [7, 11) is -3.85. The molecule has 0 bridgehead atoms. The molecule has 2 saturated heterocycles. The van der Waals surface area contributed by atoms with Crippen LogP contribution in [0, 0.1) is 0 Å². The molecule has 1 aromatic carbocycles. The Balaban J connectivity index is 1.65. The monoisotopic (exact) mass is 390 g/mol. The van der Waals surface area contributed by atoms with E-state index in [1.165, 1.54) is 22.5 Å². The van der Waals surface area contributed by atoms with Crippen LogP contribution in [-0.2, 0) is 19.6 Å². The van der Waals surface area contributed by atoms with E-state index in [0.717, 1.165) is 12.5 Å². The number of piperazine rings is 1. The average Bonchev–Trinajstić information content (AvgIpc) is 3.15. The maximum Gasteiger partial charge on any atom is 0.387 e. The Morgan fingerprint density at radius 1 is 1.23 bits per heavy atom. The Hall–Kier alpha value is -1.78. The smallest absolute Gasteiger partial charge is 0.387 e. The molecule has 1 unspecified atom stereocenters. The Kier molecular flexibility index (Phi) is 5.73. The second-order valence-electron chi connectivity index (χ2n) is 6.08. The van der Waals surface area contributed by atoms with E-state index >= 15 is 0 Å². The normalized spacial score (nSPS) is 22.0. The largest absolute Gasteiger partial charge is 0.435 e. The summed E-state index contributed by atoms with van der Waals surface area (Å²) in [5.41, 5.74) is 0. The lowest BCUT2D eigenvalue weighted by molar-refractivity contribution is -0.142. The molecular weight excluding hydrogens is 370 g/mol. The number of sulfonamides is 1. The Morgan fingerprint density at radius 3 is 2.58 bits per heavy atom. The molecule has 2 fully saturated rings. The van der Waals surface area contributed by atoms with E-state index in [1.807, 2.05) is 0 Å². The summed E-state index contributed by atoms with van der Waals surface area (Å²) >= 11 is 0. The summed E-state index contributed by atoms with van der Waals surface area (Å²) in [5, 5.41) is 0. The van der Waals surface area contributed by atoms with Crippen molar-refractivity contribution < 1.29 is 31.5 Å². The maximum atomic E-state index is 12.7. The minimum Gasteiger partial charge on any atom is -0.435 e. The van der Waals surface area contributed by atoms with Crippen LogP contribution in [0.5, 0.6) is 5.75 Å². The number of ether oxygens (including phenoxy) is 2. The average molecular weight is 390 g/mol. The fourth-order valence-electron chi connectivity index (χ4n) is 3.08. The maximum absolute atomic E-state index is 12.7. The van der Waals surface area contributed by atoms with Gasteiger partial charge in [0.15, 0.2) is 0 Å². The van der Waals surface area contributed by atoms with Gasteiger partial charge in [-0.1, -0.05) is 6.07 Å². The number of halogens is 2. The first kappa shape index (κ1) is 19.0. The molecule has 1 amide bonds. The second-order valence-corrected chi connectivity index (χ2v) is 8.02. The van der Waals surface area contributed by atoms with E-state index in [2.05, 4.69) is 4.74 Å². The van der Waals surface area contributed by atoms with Crippen molar-refractivity contribution in [1.82, 2.24) is 9.21 Å². The highest BCUT2D eigenvalue weighted by Gasteiger charge is 2.34.